The van der Waals surface area contributed by atoms with E-state index in [0.717, 1.165) is 5.75 Å². The average Bonchev–Trinajstić information content (AvgIpc) is 2.96. The zero-order valence-corrected chi connectivity index (χ0v) is 14.2. The van der Waals surface area contributed by atoms with E-state index in [1.165, 1.54) is 12.1 Å². The maximum Gasteiger partial charge on any atom is 0.251 e. The number of hydrogen-bond donors (Lipinski definition) is 2. The molecule has 25 heavy (non-hydrogen) atoms. The summed E-state index contributed by atoms with van der Waals surface area (Å²) in [6.45, 7) is 4.34. The van der Waals surface area contributed by atoms with Crippen LogP contribution in [0.4, 0.5) is 4.39 Å². The molecular formula is C19H20FN3O2. The Morgan fingerprint density at radius 3 is 2.72 bits per heavy atom. The van der Waals surface area contributed by atoms with Gasteiger partial charge in [0.15, 0.2) is 0 Å². The minimum absolute atomic E-state index is 0.0944. The lowest BCUT2D eigenvalue weighted by Gasteiger charge is -2.10. The van der Waals surface area contributed by atoms with Crippen molar-refractivity contribution < 1.29 is 13.9 Å². The fourth-order valence-corrected chi connectivity index (χ4v) is 2.51. The smallest absolute Gasteiger partial charge is 0.251 e. The number of benzene rings is 2. The number of carbonyl (C=O) groups excluding carboxylic acids is 1. The molecule has 0 bridgehead atoms. The molecule has 3 rings (SSSR count). The third kappa shape index (κ3) is 4.35. The summed E-state index contributed by atoms with van der Waals surface area (Å²) in [5.74, 6) is 0.988. The topological polar surface area (TPSA) is 67.0 Å². The van der Waals surface area contributed by atoms with Crippen LogP contribution in [0, 0.1) is 5.82 Å². The number of H-pyrrole nitrogens is 1. The van der Waals surface area contributed by atoms with E-state index in [1.807, 2.05) is 13.8 Å². The molecule has 1 heterocycles. The van der Waals surface area contributed by atoms with Gasteiger partial charge in [-0.15, -0.1) is 0 Å². The van der Waals surface area contributed by atoms with Crippen LogP contribution < -0.4 is 10.1 Å². The number of ether oxygens (including phenoxy) is 1. The fourth-order valence-electron chi connectivity index (χ4n) is 2.51. The Balaban J connectivity index is 1.54. The largest absolute Gasteiger partial charge is 0.491 e. The lowest BCUT2D eigenvalue weighted by Crippen LogP contribution is -2.25. The summed E-state index contributed by atoms with van der Waals surface area (Å²) >= 11 is 0. The summed E-state index contributed by atoms with van der Waals surface area (Å²) in [6.07, 6.45) is 0.633. The molecule has 2 N–H and O–H groups in total. The van der Waals surface area contributed by atoms with Gasteiger partial charge in [-0.2, -0.15) is 0 Å². The highest BCUT2D eigenvalue weighted by Crippen LogP contribution is 2.14. The molecule has 0 unspecified atom stereocenters. The van der Waals surface area contributed by atoms with Crippen LogP contribution in [0.25, 0.3) is 11.0 Å². The monoisotopic (exact) mass is 341 g/mol. The number of halogens is 1. The number of aromatic nitrogens is 2. The van der Waals surface area contributed by atoms with Crippen molar-refractivity contribution in [1.29, 1.82) is 0 Å². The van der Waals surface area contributed by atoms with Gasteiger partial charge in [0.2, 0.25) is 0 Å². The highest BCUT2D eigenvalue weighted by Gasteiger charge is 2.08. The molecular weight excluding hydrogens is 321 g/mol. The molecule has 0 aliphatic carbocycles. The molecule has 2 aromatic carbocycles. The predicted octanol–water partition coefficient (Wildman–Crippen LogP) is 3.46. The number of hydrogen-bond acceptors (Lipinski definition) is 3. The number of nitrogens with one attached hydrogen (secondary N) is 2. The average molecular weight is 341 g/mol. The third-order valence-electron chi connectivity index (χ3n) is 3.63. The standard InChI is InChI=1S/C19H20FN3O2/c1-12(2)25-15-6-3-13(4-7-15)19(24)21-10-9-18-22-16-8-5-14(20)11-17(16)23-18/h3-8,11-12H,9-10H2,1-2H3,(H,21,24)(H,22,23). The molecule has 0 aliphatic rings. The minimum atomic E-state index is -0.305. The molecule has 1 amide bonds. The summed E-state index contributed by atoms with van der Waals surface area (Å²) in [5.41, 5.74) is 1.94. The molecule has 0 aliphatic heterocycles. The van der Waals surface area contributed by atoms with Crippen LogP contribution in [0.1, 0.15) is 30.0 Å². The summed E-state index contributed by atoms with van der Waals surface area (Å²) in [5, 5.41) is 2.85. The van der Waals surface area contributed by atoms with Crippen molar-refractivity contribution in [2.45, 2.75) is 26.4 Å². The first-order chi connectivity index (χ1) is 12.0. The number of fused-ring (bicyclic) bond motifs is 1. The normalized spacial score (nSPS) is 11.0. The molecule has 0 saturated carbocycles. The van der Waals surface area contributed by atoms with Crippen LogP contribution in [-0.4, -0.2) is 28.5 Å². The maximum absolute atomic E-state index is 13.2. The van der Waals surface area contributed by atoms with E-state index in [4.69, 9.17) is 4.74 Å². The van der Waals surface area contributed by atoms with E-state index in [0.29, 0.717) is 35.4 Å². The molecule has 0 radical (unpaired) electrons. The van der Waals surface area contributed by atoms with Gasteiger partial charge in [-0.25, -0.2) is 9.37 Å². The van der Waals surface area contributed by atoms with Gasteiger partial charge in [0.05, 0.1) is 17.1 Å². The number of amides is 1. The molecule has 0 atom stereocenters. The van der Waals surface area contributed by atoms with Gasteiger partial charge in [0, 0.05) is 18.5 Å². The Morgan fingerprint density at radius 1 is 1.24 bits per heavy atom. The molecule has 0 spiro atoms. The first-order valence-corrected chi connectivity index (χ1v) is 8.20. The van der Waals surface area contributed by atoms with Crippen molar-refractivity contribution in [2.75, 3.05) is 6.54 Å². The zero-order valence-electron chi connectivity index (χ0n) is 14.2. The van der Waals surface area contributed by atoms with Gasteiger partial charge >= 0.3 is 0 Å². The van der Waals surface area contributed by atoms with Gasteiger partial charge < -0.3 is 15.0 Å². The minimum Gasteiger partial charge on any atom is -0.491 e. The second-order valence-electron chi connectivity index (χ2n) is 6.04. The van der Waals surface area contributed by atoms with Gasteiger partial charge in [-0.1, -0.05) is 0 Å². The van der Waals surface area contributed by atoms with Crippen LogP contribution in [0.2, 0.25) is 0 Å². The Kier molecular flexibility index (Phi) is 4.97. The molecule has 5 nitrogen and oxygen atoms in total. The molecule has 0 fully saturated rings. The molecule has 3 aromatic rings. The molecule has 130 valence electrons. The Bertz CT molecular complexity index is 872. The highest BCUT2D eigenvalue weighted by atomic mass is 19.1. The SMILES string of the molecule is CC(C)Oc1ccc(C(=O)NCCc2nc3ccc(F)cc3[nH]2)cc1. The summed E-state index contributed by atoms with van der Waals surface area (Å²) in [4.78, 5) is 19.6. The number of aromatic amines is 1. The predicted molar refractivity (Wildman–Crippen MR) is 94.3 cm³/mol. The van der Waals surface area contributed by atoms with Crippen molar-refractivity contribution in [3.05, 3.63) is 59.7 Å². The quantitative estimate of drug-likeness (QED) is 0.721. The van der Waals surface area contributed by atoms with E-state index >= 15 is 0 Å². The van der Waals surface area contributed by atoms with Crippen molar-refractivity contribution in [1.82, 2.24) is 15.3 Å². The highest BCUT2D eigenvalue weighted by molar-refractivity contribution is 5.94. The third-order valence-corrected chi connectivity index (χ3v) is 3.63. The van der Waals surface area contributed by atoms with Crippen molar-refractivity contribution >= 4 is 16.9 Å². The Labute approximate surface area is 145 Å². The van der Waals surface area contributed by atoms with Gasteiger partial charge in [-0.3, -0.25) is 4.79 Å². The second-order valence-corrected chi connectivity index (χ2v) is 6.04. The Hall–Kier alpha value is -2.89. The van der Waals surface area contributed by atoms with Crippen LogP contribution in [0.15, 0.2) is 42.5 Å². The van der Waals surface area contributed by atoms with Crippen LogP contribution in [0.3, 0.4) is 0 Å². The number of nitrogens with zero attached hydrogens (tertiary/aromatic N) is 1. The van der Waals surface area contributed by atoms with Gasteiger partial charge in [0.25, 0.3) is 5.91 Å². The fraction of sp³-hybridized carbons (Fsp3) is 0.263. The van der Waals surface area contributed by atoms with E-state index in [-0.39, 0.29) is 17.8 Å². The Morgan fingerprint density at radius 2 is 2.00 bits per heavy atom. The number of rotatable bonds is 6. The zero-order chi connectivity index (χ0) is 17.8. The van der Waals surface area contributed by atoms with Crippen LogP contribution in [-0.2, 0) is 6.42 Å². The van der Waals surface area contributed by atoms with Crippen LogP contribution >= 0.6 is 0 Å². The number of imidazole rings is 1. The van der Waals surface area contributed by atoms with Gasteiger partial charge in [-0.05, 0) is 56.3 Å². The van der Waals surface area contributed by atoms with E-state index < -0.39 is 0 Å². The molecule has 6 heteroatoms. The second kappa shape index (κ2) is 7.34. The van der Waals surface area contributed by atoms with Crippen molar-refractivity contribution in [3.8, 4) is 5.75 Å². The summed E-state index contributed by atoms with van der Waals surface area (Å²) in [7, 11) is 0. The number of carbonyl (C=O) groups is 1. The van der Waals surface area contributed by atoms with Crippen molar-refractivity contribution in [3.63, 3.8) is 0 Å². The van der Waals surface area contributed by atoms with E-state index in [1.54, 1.807) is 30.3 Å². The molecule has 0 saturated heterocycles. The van der Waals surface area contributed by atoms with Crippen LogP contribution in [0.5, 0.6) is 5.75 Å². The first-order valence-electron chi connectivity index (χ1n) is 8.20. The summed E-state index contributed by atoms with van der Waals surface area (Å²) < 4.78 is 18.7. The van der Waals surface area contributed by atoms with Gasteiger partial charge in [0.1, 0.15) is 17.4 Å². The van der Waals surface area contributed by atoms with E-state index in [2.05, 4.69) is 15.3 Å². The summed E-state index contributed by atoms with van der Waals surface area (Å²) in [6, 6.07) is 11.4. The molecule has 1 aromatic heterocycles. The van der Waals surface area contributed by atoms with E-state index in [9.17, 15) is 9.18 Å². The lowest BCUT2D eigenvalue weighted by atomic mass is 10.2. The maximum atomic E-state index is 13.2. The first kappa shape index (κ1) is 17.0. The van der Waals surface area contributed by atoms with Crippen molar-refractivity contribution in [2.24, 2.45) is 0 Å². The lowest BCUT2D eigenvalue weighted by molar-refractivity contribution is 0.0954.